The lowest BCUT2D eigenvalue weighted by atomic mass is 9.48. The zero-order valence-corrected chi connectivity index (χ0v) is 21.8. The van der Waals surface area contributed by atoms with E-state index in [-0.39, 0.29) is 34.8 Å². The first kappa shape index (κ1) is 24.4. The van der Waals surface area contributed by atoms with Crippen molar-refractivity contribution in [1.29, 1.82) is 0 Å². The highest BCUT2D eigenvalue weighted by Gasteiger charge is 2.53. The largest absolute Gasteiger partial charge is 0.352 e. The van der Waals surface area contributed by atoms with E-state index in [0.29, 0.717) is 16.6 Å². The molecule has 4 bridgehead atoms. The molecule has 2 aromatic carbocycles. The van der Waals surface area contributed by atoms with Crippen LogP contribution in [0.15, 0.2) is 65.3 Å². The summed E-state index contributed by atoms with van der Waals surface area (Å²) in [6.45, 7) is 2.18. The Hall–Kier alpha value is -2.93. The number of hydrogen-bond acceptors (Lipinski definition) is 4. The Kier molecular flexibility index (Phi) is 6.43. The third-order valence-corrected chi connectivity index (χ3v) is 9.67. The van der Waals surface area contributed by atoms with Crippen LogP contribution in [-0.4, -0.2) is 28.8 Å². The molecule has 192 valence electrons. The van der Waals surface area contributed by atoms with Crippen LogP contribution in [0, 0.1) is 29.0 Å². The zero-order chi connectivity index (χ0) is 25.6. The SMILES string of the molecule is C[C@@H](NC(=O)CSC1=N/C(=C/c2ccccc2)C(=O)N1c1ccc(F)cc1)C12CC3CC(CC(C3)C1)C2. The standard InChI is InChI=1S/C30H32FN3O2S/c1-19(30-15-21-11-22(16-30)13-23(12-21)17-30)32-27(35)18-37-29-33-26(14-20-5-3-2-4-6-20)28(36)34(29)25-9-7-24(31)8-10-25/h2-10,14,19,21-23H,11-13,15-18H2,1H3,(H,32,35)/b26-14+/t19-,21?,22?,23?,30?/m1/s1. The molecule has 4 fully saturated rings. The second kappa shape index (κ2) is 9.75. The molecule has 1 aliphatic heterocycles. The number of aliphatic imine (C=N–C) groups is 1. The lowest BCUT2D eigenvalue weighted by molar-refractivity contribution is -0.123. The first-order chi connectivity index (χ1) is 17.9. The molecule has 4 aliphatic carbocycles. The van der Waals surface area contributed by atoms with Crippen molar-refractivity contribution in [3.63, 3.8) is 0 Å². The van der Waals surface area contributed by atoms with E-state index in [0.717, 1.165) is 23.3 Å². The summed E-state index contributed by atoms with van der Waals surface area (Å²) in [4.78, 5) is 32.5. The lowest BCUT2D eigenvalue weighted by Crippen LogP contribution is -2.56. The van der Waals surface area contributed by atoms with Crippen molar-refractivity contribution in [1.82, 2.24) is 5.32 Å². The molecular formula is C30H32FN3O2S. The van der Waals surface area contributed by atoms with Crippen molar-refractivity contribution in [2.45, 2.75) is 51.5 Å². The number of nitrogens with zero attached hydrogens (tertiary/aromatic N) is 2. The average Bonchev–Trinajstić information content (AvgIpc) is 3.18. The molecule has 1 atom stereocenters. The molecule has 5 nitrogen and oxygen atoms in total. The number of thioether (sulfide) groups is 1. The Balaban J connectivity index is 1.17. The predicted molar refractivity (Wildman–Crippen MR) is 146 cm³/mol. The maximum Gasteiger partial charge on any atom is 0.283 e. The number of hydrogen-bond donors (Lipinski definition) is 1. The van der Waals surface area contributed by atoms with Gasteiger partial charge in [-0.3, -0.25) is 14.5 Å². The number of anilines is 1. The van der Waals surface area contributed by atoms with Gasteiger partial charge < -0.3 is 5.32 Å². The van der Waals surface area contributed by atoms with Gasteiger partial charge in [0.15, 0.2) is 5.17 Å². The molecule has 37 heavy (non-hydrogen) atoms. The van der Waals surface area contributed by atoms with Gasteiger partial charge in [-0.05, 0) is 105 Å². The molecule has 1 N–H and O–H groups in total. The predicted octanol–water partition coefficient (Wildman–Crippen LogP) is 6.02. The summed E-state index contributed by atoms with van der Waals surface area (Å²) in [5, 5.41) is 3.73. The molecule has 7 rings (SSSR count). The van der Waals surface area contributed by atoms with Crippen LogP contribution in [-0.2, 0) is 9.59 Å². The van der Waals surface area contributed by atoms with E-state index in [9.17, 15) is 14.0 Å². The van der Waals surface area contributed by atoms with Crippen LogP contribution in [0.2, 0.25) is 0 Å². The third-order valence-electron chi connectivity index (χ3n) is 8.73. The van der Waals surface area contributed by atoms with Gasteiger partial charge in [-0.15, -0.1) is 0 Å². The van der Waals surface area contributed by atoms with E-state index >= 15 is 0 Å². The number of rotatable bonds is 6. The smallest absolute Gasteiger partial charge is 0.283 e. The third kappa shape index (κ3) is 4.86. The van der Waals surface area contributed by atoms with Crippen molar-refractivity contribution in [3.05, 3.63) is 71.7 Å². The van der Waals surface area contributed by atoms with Gasteiger partial charge in [-0.1, -0.05) is 42.1 Å². The van der Waals surface area contributed by atoms with E-state index in [1.807, 2.05) is 30.3 Å². The summed E-state index contributed by atoms with van der Waals surface area (Å²) in [6, 6.07) is 15.4. The van der Waals surface area contributed by atoms with E-state index < -0.39 is 0 Å². The van der Waals surface area contributed by atoms with Crippen LogP contribution < -0.4 is 10.2 Å². The second-order valence-electron chi connectivity index (χ2n) is 11.3. The average molecular weight is 518 g/mol. The minimum absolute atomic E-state index is 0.0389. The highest BCUT2D eigenvalue weighted by atomic mass is 32.2. The maximum atomic E-state index is 13.6. The maximum absolute atomic E-state index is 13.6. The van der Waals surface area contributed by atoms with Gasteiger partial charge in [0.2, 0.25) is 5.91 Å². The summed E-state index contributed by atoms with van der Waals surface area (Å²) >= 11 is 1.24. The van der Waals surface area contributed by atoms with Gasteiger partial charge in [-0.2, -0.15) is 0 Å². The fourth-order valence-corrected chi connectivity index (χ4v) is 8.22. The van der Waals surface area contributed by atoms with E-state index in [1.54, 1.807) is 18.2 Å². The van der Waals surface area contributed by atoms with Crippen LogP contribution in [0.4, 0.5) is 10.1 Å². The summed E-state index contributed by atoms with van der Waals surface area (Å²) < 4.78 is 13.6. The Morgan fingerprint density at radius 2 is 1.70 bits per heavy atom. The first-order valence-corrected chi connectivity index (χ1v) is 14.2. The van der Waals surface area contributed by atoms with Gasteiger partial charge in [0.05, 0.1) is 11.4 Å². The Morgan fingerprint density at radius 1 is 1.08 bits per heavy atom. The van der Waals surface area contributed by atoms with Crippen molar-refractivity contribution in [3.8, 4) is 0 Å². The molecule has 7 heteroatoms. The Bertz CT molecular complexity index is 1220. The topological polar surface area (TPSA) is 61.8 Å². The Labute approximate surface area is 221 Å². The fourth-order valence-electron chi connectivity index (χ4n) is 7.39. The van der Waals surface area contributed by atoms with Crippen molar-refractivity contribution < 1.29 is 14.0 Å². The highest BCUT2D eigenvalue weighted by molar-refractivity contribution is 8.14. The van der Waals surface area contributed by atoms with Crippen molar-refractivity contribution >= 4 is 40.5 Å². The first-order valence-electron chi connectivity index (χ1n) is 13.3. The van der Waals surface area contributed by atoms with E-state index in [4.69, 9.17) is 0 Å². The summed E-state index contributed by atoms with van der Waals surface area (Å²) in [6.07, 6.45) is 9.58. The number of benzene rings is 2. The van der Waals surface area contributed by atoms with Crippen molar-refractivity contribution in [2.75, 3.05) is 10.7 Å². The minimum Gasteiger partial charge on any atom is -0.352 e. The number of carbonyl (C=O) groups is 2. The van der Waals surface area contributed by atoms with Gasteiger partial charge in [0.1, 0.15) is 11.5 Å². The monoisotopic (exact) mass is 517 g/mol. The van der Waals surface area contributed by atoms with Crippen LogP contribution >= 0.6 is 11.8 Å². The van der Waals surface area contributed by atoms with Crippen LogP contribution in [0.5, 0.6) is 0 Å². The molecule has 2 amide bonds. The molecule has 0 radical (unpaired) electrons. The molecule has 0 aromatic heterocycles. The van der Waals surface area contributed by atoms with Crippen molar-refractivity contribution in [2.24, 2.45) is 28.2 Å². The molecule has 0 unspecified atom stereocenters. The summed E-state index contributed by atoms with van der Waals surface area (Å²) in [7, 11) is 0. The molecule has 2 aromatic rings. The van der Waals surface area contributed by atoms with Crippen LogP contribution in [0.3, 0.4) is 0 Å². The summed E-state index contributed by atoms with van der Waals surface area (Å²) in [5.41, 5.74) is 1.92. The molecular weight excluding hydrogens is 485 g/mol. The molecule has 5 aliphatic rings. The fraction of sp³-hybridized carbons (Fsp3) is 0.433. The quantitative estimate of drug-likeness (QED) is 0.477. The van der Waals surface area contributed by atoms with Crippen LogP contribution in [0.25, 0.3) is 6.08 Å². The normalized spacial score (nSPS) is 30.1. The van der Waals surface area contributed by atoms with Gasteiger partial charge >= 0.3 is 0 Å². The number of amidine groups is 1. The molecule has 0 spiro atoms. The van der Waals surface area contributed by atoms with E-state index in [2.05, 4.69) is 17.2 Å². The van der Waals surface area contributed by atoms with Gasteiger partial charge in [0, 0.05) is 6.04 Å². The Morgan fingerprint density at radius 3 is 2.32 bits per heavy atom. The number of carbonyl (C=O) groups excluding carboxylic acids is 2. The summed E-state index contributed by atoms with van der Waals surface area (Å²) in [5.74, 6) is 1.95. The second-order valence-corrected chi connectivity index (χ2v) is 12.3. The zero-order valence-electron chi connectivity index (χ0n) is 21.0. The molecule has 0 saturated heterocycles. The molecule has 4 saturated carbocycles. The van der Waals surface area contributed by atoms with E-state index in [1.165, 1.54) is 67.3 Å². The van der Waals surface area contributed by atoms with Crippen LogP contribution in [0.1, 0.15) is 51.0 Å². The number of nitrogens with one attached hydrogen (secondary N) is 1. The number of amides is 2. The number of halogens is 1. The minimum atomic E-state index is -0.375. The van der Waals surface area contributed by atoms with Gasteiger partial charge in [-0.25, -0.2) is 9.38 Å². The van der Waals surface area contributed by atoms with Gasteiger partial charge in [0.25, 0.3) is 5.91 Å². The molecule has 1 heterocycles. The lowest BCUT2D eigenvalue weighted by Gasteiger charge is -2.59. The highest BCUT2D eigenvalue weighted by Crippen LogP contribution is 2.61.